The van der Waals surface area contributed by atoms with Crippen LogP contribution < -0.4 is 10.2 Å². The molecule has 0 spiro atoms. The van der Waals surface area contributed by atoms with E-state index < -0.39 is 11.8 Å². The van der Waals surface area contributed by atoms with Crippen LogP contribution in [-0.4, -0.2) is 22.0 Å². The second-order valence-electron chi connectivity index (χ2n) is 6.39. The molecule has 5 nitrogen and oxygen atoms in total. The predicted octanol–water partition coefficient (Wildman–Crippen LogP) is 3.91. The Kier molecular flexibility index (Phi) is 5.17. The summed E-state index contributed by atoms with van der Waals surface area (Å²) in [7, 11) is 0. The first kappa shape index (κ1) is 19.3. The maximum Gasteiger partial charge on any atom is 0.270 e. The Morgan fingerprint density at radius 3 is 2.30 bits per heavy atom. The van der Waals surface area contributed by atoms with Gasteiger partial charge >= 0.3 is 0 Å². The van der Waals surface area contributed by atoms with E-state index in [9.17, 15) is 14.7 Å². The van der Waals surface area contributed by atoms with Crippen LogP contribution in [0, 0.1) is 20.8 Å². The molecule has 3 rings (SSSR count). The molecule has 138 valence electrons. The molecule has 0 unspecified atom stereocenters. The van der Waals surface area contributed by atoms with Crippen LogP contribution >= 0.6 is 28.1 Å². The van der Waals surface area contributed by atoms with Gasteiger partial charge in [0, 0.05) is 4.47 Å². The second kappa shape index (κ2) is 7.25. The predicted molar refractivity (Wildman–Crippen MR) is 113 cm³/mol. The van der Waals surface area contributed by atoms with Crippen molar-refractivity contribution in [2.75, 3.05) is 4.90 Å². The van der Waals surface area contributed by atoms with Gasteiger partial charge in [0.05, 0.1) is 5.69 Å². The molecule has 0 saturated carbocycles. The zero-order valence-corrected chi connectivity index (χ0v) is 17.4. The molecule has 0 radical (unpaired) electrons. The average molecular weight is 445 g/mol. The molecule has 1 aliphatic rings. The van der Waals surface area contributed by atoms with Crippen molar-refractivity contribution in [3.63, 3.8) is 0 Å². The number of aromatic hydroxyl groups is 1. The Morgan fingerprint density at radius 1 is 1.07 bits per heavy atom. The fourth-order valence-corrected chi connectivity index (χ4v) is 3.73. The van der Waals surface area contributed by atoms with Crippen LogP contribution in [0.3, 0.4) is 0 Å². The number of halogens is 1. The zero-order valence-electron chi connectivity index (χ0n) is 15.0. The first-order chi connectivity index (χ1) is 12.7. The minimum Gasteiger partial charge on any atom is -0.507 e. The third-order valence-electron chi connectivity index (χ3n) is 4.33. The smallest absolute Gasteiger partial charge is 0.270 e. The molecule has 1 aliphatic heterocycles. The van der Waals surface area contributed by atoms with Gasteiger partial charge in [-0.15, -0.1) is 0 Å². The Hall–Kier alpha value is -2.51. The van der Waals surface area contributed by atoms with Gasteiger partial charge in [0.25, 0.3) is 11.8 Å². The lowest BCUT2D eigenvalue weighted by molar-refractivity contribution is -0.122. The number of rotatable bonds is 2. The molecular formula is C20H17BrN2O3S. The molecule has 7 heteroatoms. The number of amides is 2. The summed E-state index contributed by atoms with van der Waals surface area (Å²) in [5.74, 6) is -0.832. The Labute approximate surface area is 170 Å². The van der Waals surface area contributed by atoms with Crippen molar-refractivity contribution >= 4 is 56.8 Å². The monoisotopic (exact) mass is 444 g/mol. The normalized spacial score (nSPS) is 16.1. The van der Waals surface area contributed by atoms with Crippen LogP contribution in [0.5, 0.6) is 5.75 Å². The number of anilines is 1. The van der Waals surface area contributed by atoms with Crippen molar-refractivity contribution in [1.29, 1.82) is 0 Å². The number of benzene rings is 2. The number of hydrogen-bond acceptors (Lipinski definition) is 4. The molecule has 0 bridgehead atoms. The molecule has 1 heterocycles. The highest BCUT2D eigenvalue weighted by Crippen LogP contribution is 2.29. The zero-order chi connectivity index (χ0) is 19.9. The highest BCUT2D eigenvalue weighted by atomic mass is 79.9. The van der Waals surface area contributed by atoms with E-state index in [4.69, 9.17) is 12.2 Å². The van der Waals surface area contributed by atoms with Crippen LogP contribution in [-0.2, 0) is 9.59 Å². The van der Waals surface area contributed by atoms with Gasteiger partial charge in [-0.2, -0.15) is 0 Å². The van der Waals surface area contributed by atoms with Crippen molar-refractivity contribution in [3.8, 4) is 5.75 Å². The van der Waals surface area contributed by atoms with Crippen LogP contribution in [0.15, 0.2) is 40.4 Å². The van der Waals surface area contributed by atoms with Crippen molar-refractivity contribution in [1.82, 2.24) is 5.32 Å². The molecular weight excluding hydrogens is 428 g/mol. The van der Waals surface area contributed by atoms with Crippen LogP contribution in [0.1, 0.15) is 22.3 Å². The number of nitrogens with one attached hydrogen (secondary N) is 1. The number of nitrogens with zero attached hydrogens (tertiary/aromatic N) is 1. The van der Waals surface area contributed by atoms with E-state index in [1.807, 2.05) is 19.1 Å². The molecule has 2 amide bonds. The van der Waals surface area contributed by atoms with Gasteiger partial charge in [0.2, 0.25) is 0 Å². The molecule has 0 aliphatic carbocycles. The fraction of sp³-hybridized carbons (Fsp3) is 0.150. The molecule has 2 aromatic carbocycles. The number of aryl methyl sites for hydroxylation is 3. The first-order valence-corrected chi connectivity index (χ1v) is 9.37. The average Bonchev–Trinajstić information content (AvgIpc) is 2.58. The van der Waals surface area contributed by atoms with Gasteiger partial charge in [-0.25, -0.2) is 0 Å². The topological polar surface area (TPSA) is 69.6 Å². The minimum atomic E-state index is -0.542. The summed E-state index contributed by atoms with van der Waals surface area (Å²) < 4.78 is 0.883. The standard InChI is InChI=1S/C20H17BrN2O3S/c1-10-8-14(21)4-5-16(10)23-19(26)15(18(25)22-20(23)27)9-13-6-11(2)17(24)12(3)7-13/h4-9,24H,1-3H3,(H,22,25,27)/b15-9+. The summed E-state index contributed by atoms with van der Waals surface area (Å²) in [6.07, 6.45) is 1.51. The lowest BCUT2D eigenvalue weighted by atomic mass is 10.0. The molecule has 1 fully saturated rings. The van der Waals surface area contributed by atoms with Crippen LogP contribution in [0.2, 0.25) is 0 Å². The molecule has 1 saturated heterocycles. The number of hydrogen-bond donors (Lipinski definition) is 2. The van der Waals surface area contributed by atoms with Crippen LogP contribution in [0.4, 0.5) is 5.69 Å². The SMILES string of the molecule is Cc1cc(Br)ccc1N1C(=O)/C(=C/c2cc(C)c(O)c(C)c2)C(=O)NC1=S. The van der Waals surface area contributed by atoms with Gasteiger partial charge in [-0.05, 0) is 91.7 Å². The maximum absolute atomic E-state index is 13.1. The summed E-state index contributed by atoms with van der Waals surface area (Å²) >= 11 is 8.63. The van der Waals surface area contributed by atoms with Crippen molar-refractivity contribution in [2.45, 2.75) is 20.8 Å². The number of thiocarbonyl (C=S) groups is 1. The minimum absolute atomic E-state index is 0.0181. The van der Waals surface area contributed by atoms with Crippen molar-refractivity contribution in [2.24, 2.45) is 0 Å². The van der Waals surface area contributed by atoms with Gasteiger partial charge in [-0.3, -0.25) is 19.8 Å². The van der Waals surface area contributed by atoms with E-state index in [1.54, 1.807) is 32.0 Å². The largest absolute Gasteiger partial charge is 0.507 e. The lowest BCUT2D eigenvalue weighted by Gasteiger charge is -2.30. The highest BCUT2D eigenvalue weighted by molar-refractivity contribution is 9.10. The molecule has 0 aromatic heterocycles. The van der Waals surface area contributed by atoms with E-state index in [-0.39, 0.29) is 16.4 Å². The number of phenols is 1. The molecule has 27 heavy (non-hydrogen) atoms. The maximum atomic E-state index is 13.1. The number of carbonyl (C=O) groups excluding carboxylic acids is 2. The third kappa shape index (κ3) is 3.65. The first-order valence-electron chi connectivity index (χ1n) is 8.17. The fourth-order valence-electron chi connectivity index (χ4n) is 2.99. The second-order valence-corrected chi connectivity index (χ2v) is 7.69. The quantitative estimate of drug-likeness (QED) is 0.418. The summed E-state index contributed by atoms with van der Waals surface area (Å²) in [4.78, 5) is 26.8. The van der Waals surface area contributed by atoms with E-state index in [1.165, 1.54) is 11.0 Å². The van der Waals surface area contributed by atoms with Gasteiger partial charge in [-0.1, -0.05) is 15.9 Å². The highest BCUT2D eigenvalue weighted by Gasteiger charge is 2.35. The Morgan fingerprint density at radius 2 is 1.70 bits per heavy atom. The summed E-state index contributed by atoms with van der Waals surface area (Å²) in [6.45, 7) is 5.39. The lowest BCUT2D eigenvalue weighted by Crippen LogP contribution is -2.54. The summed E-state index contributed by atoms with van der Waals surface area (Å²) in [6, 6.07) is 8.89. The van der Waals surface area contributed by atoms with Gasteiger partial charge in [0.15, 0.2) is 5.11 Å². The van der Waals surface area contributed by atoms with E-state index in [0.29, 0.717) is 22.4 Å². The third-order valence-corrected chi connectivity index (χ3v) is 5.10. The summed E-state index contributed by atoms with van der Waals surface area (Å²) in [5.41, 5.74) is 3.42. The molecule has 2 aromatic rings. The van der Waals surface area contributed by atoms with Crippen molar-refractivity contribution < 1.29 is 14.7 Å². The van der Waals surface area contributed by atoms with Crippen molar-refractivity contribution in [3.05, 3.63) is 62.6 Å². The van der Waals surface area contributed by atoms with Gasteiger partial charge in [0.1, 0.15) is 11.3 Å². The molecule has 2 N–H and O–H groups in total. The summed E-state index contributed by atoms with van der Waals surface area (Å²) in [5, 5.41) is 12.5. The molecule has 0 atom stereocenters. The van der Waals surface area contributed by atoms with Gasteiger partial charge < -0.3 is 5.11 Å². The van der Waals surface area contributed by atoms with E-state index in [0.717, 1.165) is 10.0 Å². The number of carbonyl (C=O) groups is 2. The van der Waals surface area contributed by atoms with E-state index >= 15 is 0 Å². The number of phenolic OH excluding ortho intramolecular Hbond substituents is 1. The van der Waals surface area contributed by atoms with E-state index in [2.05, 4.69) is 21.2 Å². The Bertz CT molecular complexity index is 1010. The van der Waals surface area contributed by atoms with Crippen LogP contribution in [0.25, 0.3) is 6.08 Å². The Balaban J connectivity index is 2.07.